The molecule has 0 amide bonds. The van der Waals surface area contributed by atoms with Crippen LogP contribution >= 0.6 is 38.9 Å². The van der Waals surface area contributed by atoms with E-state index in [0.717, 1.165) is 22.3 Å². The molecule has 0 saturated heterocycles. The smallest absolute Gasteiger partial charge is 0.0442 e. The second-order valence-electron chi connectivity index (χ2n) is 4.08. The molecule has 1 heterocycles. The SMILES string of the molecule is CCc1sc(Cc2cc(Br)ccc2Cl)cc1C. The van der Waals surface area contributed by atoms with Gasteiger partial charge in [-0.15, -0.1) is 11.3 Å². The van der Waals surface area contributed by atoms with E-state index < -0.39 is 0 Å². The fourth-order valence-corrected chi connectivity index (χ4v) is 3.63. The second kappa shape index (κ2) is 5.55. The van der Waals surface area contributed by atoms with Crippen LogP contribution in [0.25, 0.3) is 0 Å². The Morgan fingerprint density at radius 3 is 2.71 bits per heavy atom. The zero-order valence-corrected chi connectivity index (χ0v) is 13.0. The number of hydrogen-bond acceptors (Lipinski definition) is 1. The van der Waals surface area contributed by atoms with E-state index in [1.54, 1.807) is 0 Å². The van der Waals surface area contributed by atoms with Gasteiger partial charge in [-0.05, 0) is 48.7 Å². The summed E-state index contributed by atoms with van der Waals surface area (Å²) in [7, 11) is 0. The van der Waals surface area contributed by atoms with Crippen LogP contribution < -0.4 is 0 Å². The third kappa shape index (κ3) is 3.12. The monoisotopic (exact) mass is 328 g/mol. The van der Waals surface area contributed by atoms with Gasteiger partial charge in [0.25, 0.3) is 0 Å². The molecule has 2 aromatic rings. The highest BCUT2D eigenvalue weighted by atomic mass is 79.9. The maximum atomic E-state index is 6.21. The van der Waals surface area contributed by atoms with Crippen LogP contribution in [-0.4, -0.2) is 0 Å². The van der Waals surface area contributed by atoms with Crippen molar-refractivity contribution in [3.8, 4) is 0 Å². The largest absolute Gasteiger partial charge is 0.145 e. The first-order valence-electron chi connectivity index (χ1n) is 5.62. The highest BCUT2D eigenvalue weighted by Crippen LogP contribution is 2.28. The van der Waals surface area contributed by atoms with Gasteiger partial charge in [0.1, 0.15) is 0 Å². The van der Waals surface area contributed by atoms with Crippen molar-refractivity contribution in [3.05, 3.63) is 54.6 Å². The summed E-state index contributed by atoms with van der Waals surface area (Å²) in [6, 6.07) is 8.30. The maximum absolute atomic E-state index is 6.21. The lowest BCUT2D eigenvalue weighted by molar-refractivity contribution is 1.16. The van der Waals surface area contributed by atoms with Gasteiger partial charge in [-0.2, -0.15) is 0 Å². The lowest BCUT2D eigenvalue weighted by Crippen LogP contribution is -1.86. The molecule has 2 rings (SSSR count). The van der Waals surface area contributed by atoms with Crippen molar-refractivity contribution in [1.29, 1.82) is 0 Å². The topological polar surface area (TPSA) is 0 Å². The van der Waals surface area contributed by atoms with Crippen molar-refractivity contribution in [1.82, 2.24) is 0 Å². The Morgan fingerprint density at radius 2 is 2.06 bits per heavy atom. The average Bonchev–Trinajstić information content (AvgIpc) is 2.64. The third-order valence-corrected chi connectivity index (χ3v) is 5.01. The molecule has 3 heteroatoms. The van der Waals surface area contributed by atoms with E-state index in [-0.39, 0.29) is 0 Å². The fourth-order valence-electron chi connectivity index (χ4n) is 1.89. The highest BCUT2D eigenvalue weighted by Gasteiger charge is 2.07. The van der Waals surface area contributed by atoms with Gasteiger partial charge in [0.2, 0.25) is 0 Å². The van der Waals surface area contributed by atoms with E-state index in [1.165, 1.54) is 20.9 Å². The predicted molar refractivity (Wildman–Crippen MR) is 80.4 cm³/mol. The lowest BCUT2D eigenvalue weighted by atomic mass is 10.1. The first-order chi connectivity index (χ1) is 8.10. The Labute approximate surface area is 120 Å². The van der Waals surface area contributed by atoms with E-state index in [0.29, 0.717) is 0 Å². The van der Waals surface area contributed by atoms with Crippen molar-refractivity contribution >= 4 is 38.9 Å². The van der Waals surface area contributed by atoms with Gasteiger partial charge >= 0.3 is 0 Å². The molecule has 17 heavy (non-hydrogen) atoms. The molecule has 0 unspecified atom stereocenters. The van der Waals surface area contributed by atoms with Crippen molar-refractivity contribution in [2.75, 3.05) is 0 Å². The molecule has 0 aliphatic heterocycles. The van der Waals surface area contributed by atoms with Crippen LogP contribution in [0.2, 0.25) is 5.02 Å². The van der Waals surface area contributed by atoms with Gasteiger partial charge in [-0.1, -0.05) is 34.5 Å². The van der Waals surface area contributed by atoms with E-state index in [1.807, 2.05) is 23.5 Å². The van der Waals surface area contributed by atoms with Gasteiger partial charge in [0.15, 0.2) is 0 Å². The minimum absolute atomic E-state index is 0.845. The molecule has 0 spiro atoms. The number of thiophene rings is 1. The van der Waals surface area contributed by atoms with Crippen LogP contribution in [0.5, 0.6) is 0 Å². The van der Waals surface area contributed by atoms with Crippen LogP contribution in [0.3, 0.4) is 0 Å². The average molecular weight is 330 g/mol. The van der Waals surface area contributed by atoms with Gasteiger partial charge in [-0.25, -0.2) is 0 Å². The first kappa shape index (κ1) is 13.1. The summed E-state index contributed by atoms with van der Waals surface area (Å²) in [6.45, 7) is 4.38. The van der Waals surface area contributed by atoms with Gasteiger partial charge in [0, 0.05) is 25.7 Å². The fraction of sp³-hybridized carbons (Fsp3) is 0.286. The Bertz CT molecular complexity index is 531. The number of rotatable bonds is 3. The second-order valence-corrected chi connectivity index (χ2v) is 6.63. The van der Waals surface area contributed by atoms with E-state index in [4.69, 9.17) is 11.6 Å². The summed E-state index contributed by atoms with van der Waals surface area (Å²) in [5.41, 5.74) is 2.59. The van der Waals surface area contributed by atoms with Crippen LogP contribution in [0.4, 0.5) is 0 Å². The molecule has 1 aromatic carbocycles. The molecule has 0 radical (unpaired) electrons. The number of benzene rings is 1. The van der Waals surface area contributed by atoms with Crippen LogP contribution in [-0.2, 0) is 12.8 Å². The molecular formula is C14H14BrClS. The molecule has 0 atom stereocenters. The van der Waals surface area contributed by atoms with E-state index >= 15 is 0 Å². The Balaban J connectivity index is 2.27. The zero-order chi connectivity index (χ0) is 12.4. The van der Waals surface area contributed by atoms with Crippen molar-refractivity contribution < 1.29 is 0 Å². The molecule has 1 aromatic heterocycles. The number of halogens is 2. The molecule has 0 nitrogen and oxygen atoms in total. The summed E-state index contributed by atoms with van der Waals surface area (Å²) in [5.74, 6) is 0. The quantitative estimate of drug-likeness (QED) is 0.685. The Kier molecular flexibility index (Phi) is 4.29. The van der Waals surface area contributed by atoms with E-state index in [2.05, 4.69) is 41.9 Å². The molecule has 90 valence electrons. The molecule has 0 bridgehead atoms. The molecule has 0 N–H and O–H groups in total. The Hall–Kier alpha value is -0.310. The molecular weight excluding hydrogens is 316 g/mol. The van der Waals surface area contributed by atoms with Gasteiger partial charge in [0.05, 0.1) is 0 Å². The minimum atomic E-state index is 0.845. The molecule has 0 fully saturated rings. The summed E-state index contributed by atoms with van der Waals surface area (Å²) in [5, 5.41) is 0.845. The predicted octanol–water partition coefficient (Wildman–Crippen LogP) is 5.63. The van der Waals surface area contributed by atoms with Crippen LogP contribution in [0.15, 0.2) is 28.7 Å². The van der Waals surface area contributed by atoms with Crippen LogP contribution in [0, 0.1) is 6.92 Å². The van der Waals surface area contributed by atoms with Crippen molar-refractivity contribution in [3.63, 3.8) is 0 Å². The van der Waals surface area contributed by atoms with E-state index in [9.17, 15) is 0 Å². The standard InChI is InChI=1S/C14H14BrClS/c1-3-14-9(2)6-12(17-14)8-10-7-11(15)4-5-13(10)16/h4-7H,3,8H2,1-2H3. The third-order valence-electron chi connectivity index (χ3n) is 2.77. The van der Waals surface area contributed by atoms with Gasteiger partial charge < -0.3 is 0 Å². The Morgan fingerprint density at radius 1 is 1.29 bits per heavy atom. The van der Waals surface area contributed by atoms with Crippen molar-refractivity contribution in [2.45, 2.75) is 26.7 Å². The molecule has 0 aliphatic rings. The first-order valence-corrected chi connectivity index (χ1v) is 7.61. The summed E-state index contributed by atoms with van der Waals surface area (Å²) in [6.07, 6.45) is 2.03. The summed E-state index contributed by atoms with van der Waals surface area (Å²) >= 11 is 11.6. The number of hydrogen-bond donors (Lipinski definition) is 0. The zero-order valence-electron chi connectivity index (χ0n) is 9.89. The summed E-state index contributed by atoms with van der Waals surface area (Å²) in [4.78, 5) is 2.87. The normalized spacial score (nSPS) is 10.8. The summed E-state index contributed by atoms with van der Waals surface area (Å²) < 4.78 is 1.08. The van der Waals surface area contributed by atoms with Crippen LogP contribution in [0.1, 0.15) is 27.8 Å². The van der Waals surface area contributed by atoms with Gasteiger partial charge in [-0.3, -0.25) is 0 Å². The molecule has 0 aliphatic carbocycles. The molecule has 0 saturated carbocycles. The van der Waals surface area contributed by atoms with Crippen molar-refractivity contribution in [2.24, 2.45) is 0 Å². The maximum Gasteiger partial charge on any atom is 0.0442 e. The minimum Gasteiger partial charge on any atom is -0.145 e. The number of aryl methyl sites for hydroxylation is 2. The highest BCUT2D eigenvalue weighted by molar-refractivity contribution is 9.10. The lowest BCUT2D eigenvalue weighted by Gasteiger charge is -2.03.